The van der Waals surface area contributed by atoms with E-state index in [1.807, 2.05) is 31.2 Å². The van der Waals surface area contributed by atoms with Gasteiger partial charge in [0.1, 0.15) is 11.4 Å². The second-order valence-corrected chi connectivity index (χ2v) is 3.96. The summed E-state index contributed by atoms with van der Waals surface area (Å²) in [5.41, 5.74) is 0.499. The number of rotatable bonds is 0. The molecule has 0 spiro atoms. The third kappa shape index (κ3) is 0.842. The molecule has 0 N–H and O–H groups in total. The molecule has 3 rings (SSSR count). The van der Waals surface area contributed by atoms with Crippen LogP contribution < -0.4 is 4.74 Å². The van der Waals surface area contributed by atoms with Crippen LogP contribution in [-0.4, -0.2) is 12.1 Å². The Morgan fingerprint density at radius 1 is 1.43 bits per heavy atom. The molecule has 1 fully saturated rings. The highest BCUT2D eigenvalue weighted by atomic mass is 16.6. The first-order valence-corrected chi connectivity index (χ1v) is 4.68. The minimum absolute atomic E-state index is 0.247. The van der Waals surface area contributed by atoms with Gasteiger partial charge in [-0.25, -0.2) is 4.79 Å². The topological polar surface area (TPSA) is 35.5 Å². The lowest BCUT2D eigenvalue weighted by atomic mass is 9.89. The van der Waals surface area contributed by atoms with Crippen molar-refractivity contribution < 1.29 is 14.3 Å². The Balaban J connectivity index is 2.20. The summed E-state index contributed by atoms with van der Waals surface area (Å²) in [7, 11) is 0. The van der Waals surface area contributed by atoms with Crippen LogP contribution in [0.5, 0.6) is 5.75 Å². The van der Waals surface area contributed by atoms with Crippen LogP contribution in [-0.2, 0) is 15.1 Å². The number of ether oxygens (including phenoxy) is 2. The molecule has 0 radical (unpaired) electrons. The number of hydrogen-bond donors (Lipinski definition) is 0. The largest absolute Gasteiger partial charge is 0.478 e. The van der Waals surface area contributed by atoms with Gasteiger partial charge in [-0.3, -0.25) is 0 Å². The van der Waals surface area contributed by atoms with E-state index in [-0.39, 0.29) is 5.97 Å². The minimum atomic E-state index is -0.476. The van der Waals surface area contributed by atoms with Crippen molar-refractivity contribution in [2.24, 2.45) is 0 Å². The predicted molar refractivity (Wildman–Crippen MR) is 48.9 cm³/mol. The van der Waals surface area contributed by atoms with Gasteiger partial charge in [-0.2, -0.15) is 0 Å². The molecule has 1 saturated heterocycles. The fourth-order valence-corrected chi connectivity index (χ4v) is 2.18. The molecule has 2 atom stereocenters. The van der Waals surface area contributed by atoms with Gasteiger partial charge >= 0.3 is 5.97 Å². The van der Waals surface area contributed by atoms with Crippen molar-refractivity contribution >= 4 is 5.97 Å². The van der Waals surface area contributed by atoms with Crippen LogP contribution in [0, 0.1) is 0 Å². The van der Waals surface area contributed by atoms with Crippen molar-refractivity contribution in [3.63, 3.8) is 0 Å². The van der Waals surface area contributed by atoms with E-state index in [2.05, 4.69) is 0 Å². The summed E-state index contributed by atoms with van der Waals surface area (Å²) in [5.74, 6) is 0.529. The van der Waals surface area contributed by atoms with Gasteiger partial charge < -0.3 is 9.47 Å². The molecular formula is C11H10O3. The molecule has 14 heavy (non-hydrogen) atoms. The molecule has 2 bridgehead atoms. The first kappa shape index (κ1) is 7.85. The van der Waals surface area contributed by atoms with Gasteiger partial charge in [-0.15, -0.1) is 0 Å². The third-order valence-corrected chi connectivity index (χ3v) is 2.89. The van der Waals surface area contributed by atoms with Crippen molar-refractivity contribution in [1.82, 2.24) is 0 Å². The van der Waals surface area contributed by atoms with E-state index < -0.39 is 11.7 Å². The van der Waals surface area contributed by atoms with Crippen molar-refractivity contribution in [2.45, 2.75) is 25.0 Å². The van der Waals surface area contributed by atoms with Crippen LogP contribution in [0.3, 0.4) is 0 Å². The van der Waals surface area contributed by atoms with Gasteiger partial charge in [-0.1, -0.05) is 18.2 Å². The highest BCUT2D eigenvalue weighted by Gasteiger charge is 2.51. The van der Waals surface area contributed by atoms with E-state index >= 15 is 0 Å². The summed E-state index contributed by atoms with van der Waals surface area (Å²) in [4.78, 5) is 11.4. The van der Waals surface area contributed by atoms with Crippen LogP contribution in [0.4, 0.5) is 0 Å². The highest BCUT2D eigenvalue weighted by Crippen LogP contribution is 2.46. The molecule has 2 aliphatic rings. The normalized spacial score (nSPS) is 33.2. The summed E-state index contributed by atoms with van der Waals surface area (Å²) in [6.45, 7) is 1.94. The maximum atomic E-state index is 11.4. The van der Waals surface area contributed by atoms with Crippen LogP contribution in [0.1, 0.15) is 18.9 Å². The summed E-state index contributed by atoms with van der Waals surface area (Å²) < 4.78 is 10.9. The van der Waals surface area contributed by atoms with E-state index in [1.165, 1.54) is 0 Å². The van der Waals surface area contributed by atoms with E-state index in [0.29, 0.717) is 6.42 Å². The van der Waals surface area contributed by atoms with Crippen LogP contribution >= 0.6 is 0 Å². The molecule has 0 aliphatic carbocycles. The molecule has 1 aromatic rings. The Labute approximate surface area is 81.6 Å². The van der Waals surface area contributed by atoms with Crippen LogP contribution in [0.25, 0.3) is 0 Å². The molecule has 3 nitrogen and oxygen atoms in total. The Kier molecular flexibility index (Phi) is 1.29. The van der Waals surface area contributed by atoms with E-state index in [0.717, 1.165) is 11.3 Å². The number of hydrogen-bond acceptors (Lipinski definition) is 3. The number of carbonyl (C=O) groups is 1. The van der Waals surface area contributed by atoms with Gasteiger partial charge in [0.2, 0.25) is 0 Å². The smallest absolute Gasteiger partial charge is 0.348 e. The van der Waals surface area contributed by atoms with Gasteiger partial charge in [0, 0.05) is 12.0 Å². The average Bonchev–Trinajstić information content (AvgIpc) is 2.39. The second kappa shape index (κ2) is 2.29. The maximum absolute atomic E-state index is 11.4. The lowest BCUT2D eigenvalue weighted by molar-refractivity contribution is -0.150. The summed E-state index contributed by atoms with van der Waals surface area (Å²) in [6.07, 6.45) is 0.220. The number of benzene rings is 1. The van der Waals surface area contributed by atoms with Gasteiger partial charge in [0.05, 0.1) is 0 Å². The average molecular weight is 190 g/mol. The van der Waals surface area contributed by atoms with E-state index in [9.17, 15) is 4.79 Å². The van der Waals surface area contributed by atoms with Gasteiger partial charge in [0.15, 0.2) is 6.10 Å². The molecule has 2 unspecified atom stereocenters. The third-order valence-electron chi connectivity index (χ3n) is 2.89. The van der Waals surface area contributed by atoms with Gasteiger partial charge in [-0.05, 0) is 13.0 Å². The number of fused-ring (bicyclic) bond motifs is 4. The molecule has 1 aromatic carbocycles. The monoisotopic (exact) mass is 190 g/mol. The van der Waals surface area contributed by atoms with Crippen molar-refractivity contribution in [3.05, 3.63) is 29.8 Å². The summed E-state index contributed by atoms with van der Waals surface area (Å²) >= 11 is 0. The zero-order valence-corrected chi connectivity index (χ0v) is 7.82. The van der Waals surface area contributed by atoms with Crippen molar-refractivity contribution in [2.75, 3.05) is 0 Å². The van der Waals surface area contributed by atoms with Crippen molar-refractivity contribution in [1.29, 1.82) is 0 Å². The van der Waals surface area contributed by atoms with Gasteiger partial charge in [0.25, 0.3) is 0 Å². The van der Waals surface area contributed by atoms with E-state index in [1.54, 1.807) is 0 Å². The second-order valence-electron chi connectivity index (χ2n) is 3.96. The fraction of sp³-hybridized carbons (Fsp3) is 0.364. The molecule has 0 amide bonds. The molecule has 3 heteroatoms. The SMILES string of the molecule is CC12CC(Oc3ccccc31)C(=O)O2. The molecule has 2 heterocycles. The quantitative estimate of drug-likeness (QED) is 0.583. The Bertz CT molecular complexity index is 413. The standard InChI is InChI=1S/C11H10O3/c1-11-6-9(10(12)14-11)13-8-5-3-2-4-7(8)11/h2-5,9H,6H2,1H3. The minimum Gasteiger partial charge on any atom is -0.478 e. The molecule has 2 aliphatic heterocycles. The number of esters is 1. The summed E-state index contributed by atoms with van der Waals surface area (Å²) in [5, 5.41) is 0. The zero-order valence-electron chi connectivity index (χ0n) is 7.82. The molecule has 72 valence electrons. The Morgan fingerprint density at radius 2 is 2.21 bits per heavy atom. The molecule has 0 saturated carbocycles. The first-order valence-electron chi connectivity index (χ1n) is 4.68. The first-order chi connectivity index (χ1) is 6.69. The Hall–Kier alpha value is -1.51. The number of carbonyl (C=O) groups excluding carboxylic acids is 1. The summed E-state index contributed by atoms with van der Waals surface area (Å²) in [6, 6.07) is 7.66. The zero-order chi connectivity index (χ0) is 9.76. The molecular weight excluding hydrogens is 180 g/mol. The lowest BCUT2D eigenvalue weighted by Crippen LogP contribution is -2.28. The number of para-hydroxylation sites is 1. The van der Waals surface area contributed by atoms with Crippen molar-refractivity contribution in [3.8, 4) is 5.75 Å². The Morgan fingerprint density at radius 3 is 3.07 bits per heavy atom. The predicted octanol–water partition coefficient (Wildman–Crippen LogP) is 1.61. The van der Waals surface area contributed by atoms with Crippen LogP contribution in [0.2, 0.25) is 0 Å². The van der Waals surface area contributed by atoms with Crippen LogP contribution in [0.15, 0.2) is 24.3 Å². The molecule has 0 aromatic heterocycles. The van der Waals surface area contributed by atoms with E-state index in [4.69, 9.17) is 9.47 Å². The highest BCUT2D eigenvalue weighted by molar-refractivity contribution is 5.79. The maximum Gasteiger partial charge on any atom is 0.348 e. The lowest BCUT2D eigenvalue weighted by Gasteiger charge is -2.28. The fourth-order valence-electron chi connectivity index (χ4n) is 2.18.